The first-order valence-corrected chi connectivity index (χ1v) is 5.95. The second-order valence-electron chi connectivity index (χ2n) is 4.21. The molecule has 1 aliphatic rings. The molecule has 3 nitrogen and oxygen atoms in total. The van der Waals surface area contributed by atoms with E-state index in [9.17, 15) is 4.39 Å². The maximum absolute atomic E-state index is 12.7. The number of ether oxygens (including phenoxy) is 2. The fraction of sp³-hybridized carbons (Fsp3) is 0.133. The van der Waals surface area contributed by atoms with Crippen LogP contribution in [-0.4, -0.2) is 13.0 Å². The van der Waals surface area contributed by atoms with Crippen LogP contribution in [0.5, 0.6) is 11.5 Å². The number of rotatable bonds is 3. The molecule has 0 aliphatic carbocycles. The van der Waals surface area contributed by atoms with E-state index >= 15 is 0 Å². The van der Waals surface area contributed by atoms with Gasteiger partial charge in [0.05, 0.1) is 6.54 Å². The monoisotopic (exact) mass is 257 g/mol. The molecule has 0 N–H and O–H groups in total. The van der Waals surface area contributed by atoms with Crippen molar-refractivity contribution in [3.63, 3.8) is 0 Å². The van der Waals surface area contributed by atoms with Gasteiger partial charge in [-0.1, -0.05) is 18.2 Å². The third-order valence-corrected chi connectivity index (χ3v) is 2.82. The largest absolute Gasteiger partial charge is 0.454 e. The molecule has 1 aliphatic heterocycles. The van der Waals surface area contributed by atoms with E-state index in [-0.39, 0.29) is 12.6 Å². The molecule has 0 aromatic heterocycles. The van der Waals surface area contributed by atoms with E-state index in [0.717, 1.165) is 22.6 Å². The SMILES string of the molecule is Fc1ccc(C=NCc2ccc3c(c2)OCO3)cc1. The summed E-state index contributed by atoms with van der Waals surface area (Å²) in [5.74, 6) is 1.29. The van der Waals surface area contributed by atoms with Crippen LogP contribution in [0.25, 0.3) is 0 Å². The van der Waals surface area contributed by atoms with Gasteiger partial charge < -0.3 is 9.47 Å². The normalized spacial score (nSPS) is 13.1. The molecule has 0 saturated carbocycles. The average molecular weight is 257 g/mol. The Bertz CT molecular complexity index is 608. The molecule has 2 aromatic carbocycles. The van der Waals surface area contributed by atoms with Gasteiger partial charge in [0.15, 0.2) is 11.5 Å². The van der Waals surface area contributed by atoms with Gasteiger partial charge in [-0.2, -0.15) is 0 Å². The first-order valence-electron chi connectivity index (χ1n) is 5.95. The van der Waals surface area contributed by atoms with Gasteiger partial charge in [-0.3, -0.25) is 4.99 Å². The summed E-state index contributed by atoms with van der Waals surface area (Å²) in [5.41, 5.74) is 1.92. The van der Waals surface area contributed by atoms with Crippen LogP contribution in [0.4, 0.5) is 4.39 Å². The molecule has 0 saturated heterocycles. The zero-order valence-corrected chi connectivity index (χ0v) is 10.2. The number of halogens is 1. The molecule has 3 rings (SSSR count). The van der Waals surface area contributed by atoms with Crippen molar-refractivity contribution >= 4 is 6.21 Å². The zero-order chi connectivity index (χ0) is 13.1. The van der Waals surface area contributed by atoms with Gasteiger partial charge in [0, 0.05) is 6.21 Å². The summed E-state index contributed by atoms with van der Waals surface area (Å²) < 4.78 is 23.3. The third-order valence-electron chi connectivity index (χ3n) is 2.82. The van der Waals surface area contributed by atoms with Crippen LogP contribution < -0.4 is 9.47 Å². The Labute approximate surface area is 110 Å². The van der Waals surface area contributed by atoms with Crippen molar-refractivity contribution in [3.8, 4) is 11.5 Å². The smallest absolute Gasteiger partial charge is 0.231 e. The molecule has 0 spiro atoms. The maximum atomic E-state index is 12.7. The molecule has 1 heterocycles. The van der Waals surface area contributed by atoms with Crippen molar-refractivity contribution in [3.05, 3.63) is 59.4 Å². The molecule has 2 aromatic rings. The van der Waals surface area contributed by atoms with Gasteiger partial charge in [0.2, 0.25) is 6.79 Å². The topological polar surface area (TPSA) is 30.8 Å². The zero-order valence-electron chi connectivity index (χ0n) is 10.2. The Balaban J connectivity index is 1.67. The number of nitrogens with zero attached hydrogens (tertiary/aromatic N) is 1. The van der Waals surface area contributed by atoms with Crippen LogP contribution in [0.15, 0.2) is 47.5 Å². The second-order valence-corrected chi connectivity index (χ2v) is 4.21. The molecule has 0 amide bonds. The van der Waals surface area contributed by atoms with E-state index < -0.39 is 0 Å². The van der Waals surface area contributed by atoms with Crippen LogP contribution in [0.3, 0.4) is 0 Å². The minimum atomic E-state index is -0.243. The van der Waals surface area contributed by atoms with Crippen molar-refractivity contribution in [2.45, 2.75) is 6.54 Å². The molecule has 0 atom stereocenters. The van der Waals surface area contributed by atoms with Crippen LogP contribution in [0.2, 0.25) is 0 Å². The Morgan fingerprint density at radius 1 is 1.05 bits per heavy atom. The quantitative estimate of drug-likeness (QED) is 0.791. The van der Waals surface area contributed by atoms with Gasteiger partial charge in [-0.25, -0.2) is 4.39 Å². The van der Waals surface area contributed by atoms with Gasteiger partial charge in [-0.15, -0.1) is 0 Å². The highest BCUT2D eigenvalue weighted by atomic mass is 19.1. The fourth-order valence-corrected chi connectivity index (χ4v) is 1.84. The summed E-state index contributed by atoms with van der Waals surface area (Å²) in [7, 11) is 0. The molecule has 19 heavy (non-hydrogen) atoms. The predicted octanol–water partition coefficient (Wildman–Crippen LogP) is 3.17. The highest BCUT2D eigenvalue weighted by molar-refractivity contribution is 5.79. The van der Waals surface area contributed by atoms with Gasteiger partial charge >= 0.3 is 0 Å². The molecular weight excluding hydrogens is 245 g/mol. The number of benzene rings is 2. The van der Waals surface area contributed by atoms with Crippen LogP contribution in [-0.2, 0) is 6.54 Å². The third kappa shape index (κ3) is 2.73. The van der Waals surface area contributed by atoms with Crippen molar-refractivity contribution in [1.82, 2.24) is 0 Å². The summed E-state index contributed by atoms with van der Waals surface area (Å²) in [6.07, 6.45) is 1.73. The van der Waals surface area contributed by atoms with E-state index in [4.69, 9.17) is 9.47 Å². The molecule has 4 heteroatoms. The average Bonchev–Trinajstić information content (AvgIpc) is 2.88. The predicted molar refractivity (Wildman–Crippen MR) is 70.3 cm³/mol. The molecule has 0 fully saturated rings. The lowest BCUT2D eigenvalue weighted by atomic mass is 10.2. The van der Waals surface area contributed by atoms with Gasteiger partial charge in [0.25, 0.3) is 0 Å². The molecular formula is C15H12FNO2. The van der Waals surface area contributed by atoms with Crippen molar-refractivity contribution < 1.29 is 13.9 Å². The highest BCUT2D eigenvalue weighted by Gasteiger charge is 2.12. The summed E-state index contributed by atoms with van der Waals surface area (Å²) in [6.45, 7) is 0.825. The Hall–Kier alpha value is -2.36. The highest BCUT2D eigenvalue weighted by Crippen LogP contribution is 2.32. The van der Waals surface area contributed by atoms with E-state index in [1.54, 1.807) is 18.3 Å². The number of hydrogen-bond donors (Lipinski definition) is 0. The number of aliphatic imine (C=N–C) groups is 1. The lowest BCUT2D eigenvalue weighted by molar-refractivity contribution is 0.174. The van der Waals surface area contributed by atoms with Crippen molar-refractivity contribution in [2.24, 2.45) is 4.99 Å². The summed E-state index contributed by atoms with van der Waals surface area (Å²) in [6, 6.07) is 12.0. The standard InChI is InChI=1S/C15H12FNO2/c16-13-4-1-11(2-5-13)8-17-9-12-3-6-14-15(7-12)19-10-18-14/h1-8H,9-10H2. The minimum Gasteiger partial charge on any atom is -0.454 e. The summed E-state index contributed by atoms with van der Waals surface area (Å²) >= 11 is 0. The minimum absolute atomic E-state index is 0.243. The van der Waals surface area contributed by atoms with E-state index in [0.29, 0.717) is 6.54 Å². The Morgan fingerprint density at radius 3 is 2.68 bits per heavy atom. The Kier molecular flexibility index (Phi) is 3.14. The first-order chi connectivity index (χ1) is 9.31. The van der Waals surface area contributed by atoms with Gasteiger partial charge in [0.1, 0.15) is 5.82 Å². The van der Waals surface area contributed by atoms with E-state index in [1.165, 1.54) is 12.1 Å². The van der Waals surface area contributed by atoms with E-state index in [1.807, 2.05) is 18.2 Å². The van der Waals surface area contributed by atoms with Crippen molar-refractivity contribution in [2.75, 3.05) is 6.79 Å². The molecule has 0 bridgehead atoms. The molecule has 0 unspecified atom stereocenters. The molecule has 96 valence electrons. The number of fused-ring (bicyclic) bond motifs is 1. The Morgan fingerprint density at radius 2 is 1.84 bits per heavy atom. The van der Waals surface area contributed by atoms with Gasteiger partial charge in [-0.05, 0) is 35.4 Å². The molecule has 0 radical (unpaired) electrons. The van der Waals surface area contributed by atoms with Crippen LogP contribution in [0, 0.1) is 5.82 Å². The number of hydrogen-bond acceptors (Lipinski definition) is 3. The van der Waals surface area contributed by atoms with Crippen LogP contribution >= 0.6 is 0 Å². The fourth-order valence-electron chi connectivity index (χ4n) is 1.84. The van der Waals surface area contributed by atoms with Crippen molar-refractivity contribution in [1.29, 1.82) is 0 Å². The first kappa shape index (κ1) is 11.7. The lowest BCUT2D eigenvalue weighted by Gasteiger charge is -1.99. The van der Waals surface area contributed by atoms with E-state index in [2.05, 4.69) is 4.99 Å². The summed E-state index contributed by atoms with van der Waals surface area (Å²) in [5, 5.41) is 0. The van der Waals surface area contributed by atoms with Crippen LogP contribution in [0.1, 0.15) is 11.1 Å². The maximum Gasteiger partial charge on any atom is 0.231 e. The lowest BCUT2D eigenvalue weighted by Crippen LogP contribution is -1.92. The second kappa shape index (κ2) is 5.10. The summed E-state index contributed by atoms with van der Waals surface area (Å²) in [4.78, 5) is 4.32.